The fourth-order valence-corrected chi connectivity index (χ4v) is 6.62. The molecule has 9 nitrogen and oxygen atoms in total. The molecule has 5 rings (SSSR count). The first-order valence-corrected chi connectivity index (χ1v) is 15.3. The van der Waals surface area contributed by atoms with Crippen LogP contribution in [0.3, 0.4) is 0 Å². The van der Waals surface area contributed by atoms with Crippen LogP contribution in [0, 0.1) is 0 Å². The first-order chi connectivity index (χ1) is 19.1. The zero-order valence-electron chi connectivity index (χ0n) is 23.5. The van der Waals surface area contributed by atoms with Gasteiger partial charge < -0.3 is 29.7 Å². The summed E-state index contributed by atoms with van der Waals surface area (Å²) in [6.45, 7) is 8.29. The number of hydrogen-bond acceptors (Lipinski definition) is 9. The molecule has 1 unspecified atom stereocenters. The molecule has 0 spiro atoms. The van der Waals surface area contributed by atoms with Crippen LogP contribution in [-0.4, -0.2) is 105 Å². The van der Waals surface area contributed by atoms with Crippen molar-refractivity contribution in [2.24, 2.45) is 4.99 Å². The number of likely N-dealkylation sites (tertiary alicyclic amines) is 1. The van der Waals surface area contributed by atoms with Gasteiger partial charge in [0.05, 0.1) is 37.2 Å². The first kappa shape index (κ1) is 28.4. The van der Waals surface area contributed by atoms with Gasteiger partial charge in [0.15, 0.2) is 5.17 Å². The number of thioether (sulfide) groups is 1. The second-order valence-corrected chi connectivity index (χ2v) is 11.7. The molecule has 4 aliphatic rings. The molecule has 10 heteroatoms. The molecule has 1 amide bonds. The minimum absolute atomic E-state index is 0.0758. The fraction of sp³-hybridized carbons (Fsp3) is 0.655. The van der Waals surface area contributed by atoms with E-state index < -0.39 is 0 Å². The molecule has 214 valence electrons. The number of hydrogen-bond donors (Lipinski definition) is 2. The molecule has 3 aliphatic heterocycles. The Labute approximate surface area is 236 Å². The number of amidine groups is 1. The highest BCUT2D eigenvalue weighted by molar-refractivity contribution is 8.14. The molecule has 0 bridgehead atoms. The van der Waals surface area contributed by atoms with Crippen molar-refractivity contribution in [3.05, 3.63) is 40.6 Å². The van der Waals surface area contributed by atoms with E-state index in [0.29, 0.717) is 24.8 Å². The van der Waals surface area contributed by atoms with E-state index in [2.05, 4.69) is 45.6 Å². The summed E-state index contributed by atoms with van der Waals surface area (Å²) < 4.78 is 16.4. The van der Waals surface area contributed by atoms with Crippen LogP contribution in [-0.2, 0) is 20.8 Å². The summed E-state index contributed by atoms with van der Waals surface area (Å²) in [5, 5.41) is 7.84. The summed E-state index contributed by atoms with van der Waals surface area (Å²) in [5.74, 6) is 0.830. The van der Waals surface area contributed by atoms with Gasteiger partial charge in [-0.05, 0) is 49.0 Å². The van der Waals surface area contributed by atoms with Crippen molar-refractivity contribution in [1.82, 2.24) is 15.1 Å². The third kappa shape index (κ3) is 7.16. The van der Waals surface area contributed by atoms with Gasteiger partial charge in [0, 0.05) is 64.4 Å². The Bertz CT molecular complexity index is 1070. The molecule has 1 aromatic carbocycles. The second kappa shape index (κ2) is 13.5. The van der Waals surface area contributed by atoms with Gasteiger partial charge in [0.2, 0.25) is 0 Å². The molecule has 3 atom stereocenters. The van der Waals surface area contributed by atoms with Crippen LogP contribution in [0.4, 0.5) is 5.69 Å². The third-order valence-electron chi connectivity index (χ3n) is 8.00. The van der Waals surface area contributed by atoms with E-state index in [0.717, 1.165) is 92.9 Å². The van der Waals surface area contributed by atoms with Crippen LogP contribution in [0.25, 0.3) is 0 Å². The molecular weight excluding hydrogens is 514 g/mol. The highest BCUT2D eigenvalue weighted by atomic mass is 32.2. The van der Waals surface area contributed by atoms with Gasteiger partial charge in [-0.3, -0.25) is 14.7 Å². The van der Waals surface area contributed by atoms with Gasteiger partial charge in [-0.25, -0.2) is 0 Å². The van der Waals surface area contributed by atoms with Gasteiger partial charge in [-0.15, -0.1) is 0 Å². The number of aliphatic imine (C=N–C) groups is 1. The molecule has 3 heterocycles. The lowest BCUT2D eigenvalue weighted by molar-refractivity contribution is -0.0127. The maximum absolute atomic E-state index is 13.4. The number of carbonyl (C=O) groups is 1. The lowest BCUT2D eigenvalue weighted by Gasteiger charge is -2.35. The summed E-state index contributed by atoms with van der Waals surface area (Å²) in [6.07, 6.45) is 4.56. The van der Waals surface area contributed by atoms with Gasteiger partial charge >= 0.3 is 0 Å². The smallest absolute Gasteiger partial charge is 0.253 e. The highest BCUT2D eigenvalue weighted by Crippen LogP contribution is 2.38. The van der Waals surface area contributed by atoms with Crippen LogP contribution in [0.2, 0.25) is 0 Å². The number of ether oxygens (including phenoxy) is 3. The van der Waals surface area contributed by atoms with E-state index in [4.69, 9.17) is 19.2 Å². The zero-order chi connectivity index (χ0) is 27.2. The van der Waals surface area contributed by atoms with Crippen LogP contribution < -0.4 is 10.6 Å². The number of morpholine rings is 1. The summed E-state index contributed by atoms with van der Waals surface area (Å²) in [7, 11) is 3.43. The third-order valence-corrected chi connectivity index (χ3v) is 9.10. The second-order valence-electron chi connectivity index (χ2n) is 10.7. The molecule has 2 saturated heterocycles. The minimum atomic E-state index is -0.0850. The van der Waals surface area contributed by atoms with Gasteiger partial charge in [0.25, 0.3) is 5.91 Å². The van der Waals surface area contributed by atoms with Crippen molar-refractivity contribution >= 4 is 28.5 Å². The molecule has 39 heavy (non-hydrogen) atoms. The first-order valence-electron chi connectivity index (χ1n) is 14.3. The minimum Gasteiger partial charge on any atom is -0.383 e. The van der Waals surface area contributed by atoms with Crippen molar-refractivity contribution < 1.29 is 19.0 Å². The molecule has 0 radical (unpaired) electrons. The number of nitrogens with one attached hydrogen (secondary N) is 2. The summed E-state index contributed by atoms with van der Waals surface area (Å²) in [6, 6.07) is 6.75. The summed E-state index contributed by atoms with van der Waals surface area (Å²) in [4.78, 5) is 23.3. The number of amides is 1. The van der Waals surface area contributed by atoms with Crippen molar-refractivity contribution in [2.45, 2.75) is 57.3 Å². The van der Waals surface area contributed by atoms with Crippen LogP contribution in [0.15, 0.2) is 34.5 Å². The normalized spacial score (nSPS) is 25.1. The maximum Gasteiger partial charge on any atom is 0.253 e. The van der Waals surface area contributed by atoms with E-state index in [1.54, 1.807) is 14.2 Å². The van der Waals surface area contributed by atoms with E-state index in [1.807, 2.05) is 11.8 Å². The number of nitrogens with zero attached hydrogens (tertiary/aromatic N) is 3. The standard InChI is InChI=1S/C29H43N5O4S/c1-4-22-18-38-14-12-33(22)16-20-5-8-25(24(15-20)28(35)30-10-13-36-2)31-27(21-6-7-21)26-19-39-29(32-26)34-11-9-23(17-34)37-3/h5,8,15,22-23,26,31H,4,6-7,9-14,16-19H2,1-3H3,(H,30,35)/t22-,23-,26?/m0/s1. The predicted octanol–water partition coefficient (Wildman–Crippen LogP) is 3.33. The average molecular weight is 558 g/mol. The van der Waals surface area contributed by atoms with Crippen molar-refractivity contribution in [3.63, 3.8) is 0 Å². The molecule has 0 aromatic heterocycles. The predicted molar refractivity (Wildman–Crippen MR) is 157 cm³/mol. The molecule has 1 aromatic rings. The van der Waals surface area contributed by atoms with Crippen LogP contribution in [0.1, 0.15) is 48.5 Å². The number of allylic oxidation sites excluding steroid dienone is 1. The lowest BCUT2D eigenvalue weighted by atomic mass is 10.0. The van der Waals surface area contributed by atoms with E-state index in [9.17, 15) is 4.79 Å². The number of carbonyl (C=O) groups excluding carboxylic acids is 1. The molecular formula is C29H43N5O4S. The fourth-order valence-electron chi connectivity index (χ4n) is 5.52. The number of methoxy groups -OCH3 is 2. The zero-order valence-corrected chi connectivity index (χ0v) is 24.4. The van der Waals surface area contributed by atoms with Gasteiger partial charge in [0.1, 0.15) is 6.04 Å². The van der Waals surface area contributed by atoms with Gasteiger partial charge in [-0.1, -0.05) is 24.8 Å². The average Bonchev–Trinajstić information content (AvgIpc) is 3.48. The Morgan fingerprint density at radius 2 is 2.13 bits per heavy atom. The lowest BCUT2D eigenvalue weighted by Crippen LogP contribution is -2.44. The van der Waals surface area contributed by atoms with Crippen molar-refractivity contribution in [3.8, 4) is 0 Å². The summed E-state index contributed by atoms with van der Waals surface area (Å²) in [5.41, 5.74) is 5.22. The Morgan fingerprint density at radius 1 is 1.26 bits per heavy atom. The van der Waals surface area contributed by atoms with Gasteiger partial charge in [-0.2, -0.15) is 0 Å². The molecule has 2 N–H and O–H groups in total. The Hall–Kier alpha value is -2.11. The van der Waals surface area contributed by atoms with E-state index in [-0.39, 0.29) is 18.1 Å². The maximum atomic E-state index is 13.4. The van der Waals surface area contributed by atoms with E-state index >= 15 is 0 Å². The molecule has 1 aliphatic carbocycles. The SMILES string of the molecule is CC[C@H]1COCCN1Cc1ccc(NC(=C2CC2)C2CSC(N3CC[C@H](OC)C3)=N2)c(C(=O)NCCOC)c1. The highest BCUT2D eigenvalue weighted by Gasteiger charge is 2.33. The Balaban J connectivity index is 1.35. The van der Waals surface area contributed by atoms with Crippen LogP contribution >= 0.6 is 11.8 Å². The topological polar surface area (TPSA) is 87.7 Å². The number of benzene rings is 1. The number of rotatable bonds is 11. The number of anilines is 1. The van der Waals surface area contributed by atoms with E-state index in [1.165, 1.54) is 5.57 Å². The molecule has 1 saturated carbocycles. The monoisotopic (exact) mass is 557 g/mol. The molecule has 3 fully saturated rings. The van der Waals surface area contributed by atoms with Crippen molar-refractivity contribution in [2.75, 3.05) is 71.3 Å². The summed E-state index contributed by atoms with van der Waals surface area (Å²) >= 11 is 1.83. The Kier molecular flexibility index (Phi) is 9.84. The van der Waals surface area contributed by atoms with Crippen LogP contribution in [0.5, 0.6) is 0 Å². The largest absolute Gasteiger partial charge is 0.383 e. The quantitative estimate of drug-likeness (QED) is 0.401. The van der Waals surface area contributed by atoms with Crippen molar-refractivity contribution in [1.29, 1.82) is 0 Å². The Morgan fingerprint density at radius 3 is 2.87 bits per heavy atom.